The van der Waals surface area contributed by atoms with Crippen molar-refractivity contribution in [2.24, 2.45) is 5.92 Å². The molecule has 0 radical (unpaired) electrons. The van der Waals surface area contributed by atoms with Gasteiger partial charge in [-0.15, -0.1) is 0 Å². The van der Waals surface area contributed by atoms with Crippen molar-refractivity contribution in [3.05, 3.63) is 71.3 Å². The molecule has 0 aliphatic heterocycles. The number of rotatable bonds is 10. The van der Waals surface area contributed by atoms with Crippen LogP contribution in [0.1, 0.15) is 30.5 Å². The first kappa shape index (κ1) is 23.6. The van der Waals surface area contributed by atoms with Gasteiger partial charge in [-0.25, -0.2) is 13.1 Å². The number of benzene rings is 2. The molecule has 2 aromatic carbocycles. The van der Waals surface area contributed by atoms with Crippen molar-refractivity contribution in [1.29, 1.82) is 0 Å². The van der Waals surface area contributed by atoms with Gasteiger partial charge in [0.1, 0.15) is 6.04 Å². The minimum absolute atomic E-state index is 0.107. The summed E-state index contributed by atoms with van der Waals surface area (Å²) in [7, 11) is -2.06. The summed E-state index contributed by atoms with van der Waals surface area (Å²) in [5.41, 5.74) is 2.20. The number of sulfonamides is 1. The lowest BCUT2D eigenvalue weighted by Crippen LogP contribution is -2.50. The largest absolute Gasteiger partial charge is 0.350 e. The van der Waals surface area contributed by atoms with Gasteiger partial charge in [-0.05, 0) is 29.7 Å². The molecular formula is C22H29N3O4S. The summed E-state index contributed by atoms with van der Waals surface area (Å²) in [5, 5.41) is 5.63. The summed E-state index contributed by atoms with van der Waals surface area (Å²) in [6.07, 6.45) is 0.196. The fraction of sp³-hybridized carbons (Fsp3) is 0.364. The second-order valence-electron chi connectivity index (χ2n) is 7.40. The molecule has 7 nitrogen and oxygen atoms in total. The molecule has 3 N–H and O–H groups in total. The minimum Gasteiger partial charge on any atom is -0.350 e. The number of carbonyl (C=O) groups excluding carboxylic acids is 2. The Morgan fingerprint density at radius 1 is 0.933 bits per heavy atom. The molecule has 0 spiro atoms. The lowest BCUT2D eigenvalue weighted by Gasteiger charge is -2.22. The molecule has 1 atom stereocenters. The predicted octanol–water partition coefficient (Wildman–Crippen LogP) is 1.74. The highest BCUT2D eigenvalue weighted by Crippen LogP contribution is 2.12. The highest BCUT2D eigenvalue weighted by Gasteiger charge is 2.24. The topological polar surface area (TPSA) is 104 Å². The van der Waals surface area contributed by atoms with Crippen molar-refractivity contribution in [3.8, 4) is 0 Å². The van der Waals surface area contributed by atoms with Crippen LogP contribution in [0.15, 0.2) is 54.6 Å². The third-order valence-corrected chi connectivity index (χ3v) is 6.01. The van der Waals surface area contributed by atoms with E-state index in [0.717, 1.165) is 5.56 Å². The number of nitrogens with one attached hydrogen (secondary N) is 3. The van der Waals surface area contributed by atoms with Crippen LogP contribution in [-0.2, 0) is 38.3 Å². The summed E-state index contributed by atoms with van der Waals surface area (Å²) >= 11 is 0. The maximum Gasteiger partial charge on any atom is 0.243 e. The van der Waals surface area contributed by atoms with Gasteiger partial charge in [-0.2, -0.15) is 0 Å². The molecular weight excluding hydrogens is 402 g/mol. The molecule has 30 heavy (non-hydrogen) atoms. The standard InChI is InChI=1S/C22H29N3O4S/c1-16(2)21(25-20(26)13-17-9-5-4-6-10-17)22(27)24-14-18-11-7-8-12-19(18)15-30(28,29)23-3/h4-12,16,21,23H,13-15H2,1-3H3,(H,24,27)(H,25,26)/t21-/m1/s1. The Bertz CT molecular complexity index is 959. The Kier molecular flexibility index (Phi) is 8.56. The Labute approximate surface area is 178 Å². The van der Waals surface area contributed by atoms with E-state index in [-0.39, 0.29) is 36.5 Å². The maximum atomic E-state index is 12.7. The minimum atomic E-state index is -3.43. The summed E-state index contributed by atoms with van der Waals surface area (Å²) in [4.78, 5) is 25.1. The molecule has 0 bridgehead atoms. The number of amides is 2. The van der Waals surface area contributed by atoms with Gasteiger partial charge >= 0.3 is 0 Å². The van der Waals surface area contributed by atoms with Crippen LogP contribution in [0.25, 0.3) is 0 Å². The molecule has 2 rings (SSSR count). The highest BCUT2D eigenvalue weighted by molar-refractivity contribution is 7.88. The van der Waals surface area contributed by atoms with Crippen molar-refractivity contribution in [3.63, 3.8) is 0 Å². The Morgan fingerprint density at radius 2 is 1.53 bits per heavy atom. The van der Waals surface area contributed by atoms with E-state index in [1.165, 1.54) is 7.05 Å². The first-order valence-electron chi connectivity index (χ1n) is 9.81. The zero-order valence-corrected chi connectivity index (χ0v) is 18.3. The first-order chi connectivity index (χ1) is 14.2. The van der Waals surface area contributed by atoms with Crippen LogP contribution >= 0.6 is 0 Å². The number of hydrogen-bond acceptors (Lipinski definition) is 4. The third-order valence-electron chi connectivity index (χ3n) is 4.70. The molecule has 0 unspecified atom stereocenters. The van der Waals surface area contributed by atoms with Gasteiger partial charge in [0, 0.05) is 6.54 Å². The molecule has 2 aromatic rings. The zero-order chi connectivity index (χ0) is 22.1. The van der Waals surface area contributed by atoms with E-state index in [4.69, 9.17) is 0 Å². The van der Waals surface area contributed by atoms with Crippen LogP contribution in [0.5, 0.6) is 0 Å². The molecule has 0 aromatic heterocycles. The summed E-state index contributed by atoms with van der Waals surface area (Å²) in [6, 6.07) is 15.7. The van der Waals surface area contributed by atoms with Crippen LogP contribution in [-0.4, -0.2) is 33.3 Å². The highest BCUT2D eigenvalue weighted by atomic mass is 32.2. The quantitative estimate of drug-likeness (QED) is 0.533. The van der Waals surface area contributed by atoms with E-state index >= 15 is 0 Å². The Balaban J connectivity index is 2.01. The van der Waals surface area contributed by atoms with Gasteiger partial charge < -0.3 is 10.6 Å². The van der Waals surface area contributed by atoms with Crippen molar-refractivity contribution in [2.75, 3.05) is 7.05 Å². The van der Waals surface area contributed by atoms with E-state index in [1.807, 2.05) is 44.2 Å². The monoisotopic (exact) mass is 431 g/mol. The van der Waals surface area contributed by atoms with Crippen LogP contribution in [0, 0.1) is 5.92 Å². The smallest absolute Gasteiger partial charge is 0.243 e. The SMILES string of the molecule is CNS(=O)(=O)Cc1ccccc1CNC(=O)[C@H](NC(=O)Cc1ccccc1)C(C)C. The molecule has 0 saturated heterocycles. The van der Waals surface area contributed by atoms with Crippen molar-refractivity contribution in [2.45, 2.75) is 38.6 Å². The van der Waals surface area contributed by atoms with E-state index in [1.54, 1.807) is 24.3 Å². The van der Waals surface area contributed by atoms with Gasteiger partial charge in [0.15, 0.2) is 0 Å². The van der Waals surface area contributed by atoms with Gasteiger partial charge in [0.05, 0.1) is 12.2 Å². The van der Waals surface area contributed by atoms with Gasteiger partial charge in [-0.3, -0.25) is 9.59 Å². The molecule has 0 aliphatic rings. The fourth-order valence-electron chi connectivity index (χ4n) is 2.98. The average molecular weight is 432 g/mol. The normalized spacial score (nSPS) is 12.4. The van der Waals surface area contributed by atoms with E-state index < -0.39 is 16.1 Å². The van der Waals surface area contributed by atoms with Crippen molar-refractivity contribution >= 4 is 21.8 Å². The second-order valence-corrected chi connectivity index (χ2v) is 9.33. The van der Waals surface area contributed by atoms with Crippen LogP contribution in [0.4, 0.5) is 0 Å². The molecule has 2 amide bonds. The van der Waals surface area contributed by atoms with Gasteiger partial charge in [0.25, 0.3) is 0 Å². The van der Waals surface area contributed by atoms with E-state index in [0.29, 0.717) is 11.1 Å². The first-order valence-corrected chi connectivity index (χ1v) is 11.5. The van der Waals surface area contributed by atoms with Crippen LogP contribution in [0.2, 0.25) is 0 Å². The predicted molar refractivity (Wildman–Crippen MR) is 117 cm³/mol. The number of hydrogen-bond donors (Lipinski definition) is 3. The molecule has 0 aliphatic carbocycles. The third kappa shape index (κ3) is 7.27. The molecule has 0 fully saturated rings. The zero-order valence-electron chi connectivity index (χ0n) is 17.5. The average Bonchev–Trinajstić information content (AvgIpc) is 2.71. The van der Waals surface area contributed by atoms with E-state index in [2.05, 4.69) is 15.4 Å². The Hall–Kier alpha value is -2.71. The van der Waals surface area contributed by atoms with E-state index in [9.17, 15) is 18.0 Å². The molecule has 162 valence electrons. The van der Waals surface area contributed by atoms with Crippen molar-refractivity contribution < 1.29 is 18.0 Å². The molecule has 8 heteroatoms. The lowest BCUT2D eigenvalue weighted by atomic mass is 10.0. The summed E-state index contributed by atoms with van der Waals surface area (Å²) in [6.45, 7) is 3.90. The van der Waals surface area contributed by atoms with Crippen molar-refractivity contribution in [1.82, 2.24) is 15.4 Å². The molecule has 0 heterocycles. The van der Waals surface area contributed by atoms with Gasteiger partial charge in [-0.1, -0.05) is 68.4 Å². The maximum absolute atomic E-state index is 12.7. The lowest BCUT2D eigenvalue weighted by molar-refractivity contribution is -0.129. The number of carbonyl (C=O) groups is 2. The summed E-state index contributed by atoms with van der Waals surface area (Å²) < 4.78 is 26.1. The second kappa shape index (κ2) is 10.9. The van der Waals surface area contributed by atoms with Crippen LogP contribution < -0.4 is 15.4 Å². The van der Waals surface area contributed by atoms with Crippen LogP contribution in [0.3, 0.4) is 0 Å². The Morgan fingerprint density at radius 3 is 2.13 bits per heavy atom. The van der Waals surface area contributed by atoms with Gasteiger partial charge in [0.2, 0.25) is 21.8 Å². The summed E-state index contributed by atoms with van der Waals surface area (Å²) in [5.74, 6) is -0.811. The molecule has 0 saturated carbocycles. The fourth-order valence-corrected chi connectivity index (χ4v) is 3.82.